The zero-order valence-electron chi connectivity index (χ0n) is 70.0. The number of amides is 3. The summed E-state index contributed by atoms with van der Waals surface area (Å²) >= 11 is 19.7. The molecular formula is C86H101Cl3N18O13S3. The number of benzene rings is 3. The summed E-state index contributed by atoms with van der Waals surface area (Å²) in [4.78, 5) is 76.3. The highest BCUT2D eigenvalue weighted by Crippen LogP contribution is 2.49. The number of carbonyl (C=O) groups excluding carboxylic acids is 3. The largest absolute Gasteiger partial charge is 0.447 e. The Morgan fingerprint density at radius 3 is 1.15 bits per heavy atom. The minimum atomic E-state index is -3.62. The first-order valence-corrected chi connectivity index (χ1v) is 47.3. The molecule has 123 heavy (non-hydrogen) atoms. The molecule has 3 aromatic carbocycles. The summed E-state index contributed by atoms with van der Waals surface area (Å²) in [5, 5.41) is 4.70. The molecule has 3 aliphatic carbocycles. The molecule has 31 nitrogen and oxygen atoms in total. The topological polar surface area (TPSA) is 338 Å². The molecule has 3 unspecified atom stereocenters. The number of imidazole rings is 3. The van der Waals surface area contributed by atoms with E-state index in [4.69, 9.17) is 68.7 Å². The van der Waals surface area contributed by atoms with Gasteiger partial charge in [0.15, 0.2) is 0 Å². The van der Waals surface area contributed by atoms with Gasteiger partial charge in [-0.05, 0) is 167 Å². The van der Waals surface area contributed by atoms with Crippen LogP contribution in [0.4, 0.5) is 14.4 Å². The molecule has 4 aliphatic heterocycles. The summed E-state index contributed by atoms with van der Waals surface area (Å²) < 4.78 is 109. The lowest BCUT2D eigenvalue weighted by atomic mass is 9.90. The number of aryl methyl sites for hydroxylation is 3. The number of pyridine rings is 3. The Bertz CT molecular complexity index is 5840. The molecule has 0 spiro atoms. The number of fused-ring (bicyclic) bond motifs is 6. The Morgan fingerprint density at radius 2 is 0.813 bits per heavy atom. The van der Waals surface area contributed by atoms with E-state index in [-0.39, 0.29) is 48.6 Å². The second-order valence-electron chi connectivity index (χ2n) is 32.0. The molecule has 0 bridgehead atoms. The lowest BCUT2D eigenvalue weighted by Crippen LogP contribution is -2.51. The van der Waals surface area contributed by atoms with Crippen LogP contribution in [-0.2, 0) is 70.2 Å². The SMILES string of the molecule is CC(C)OC(=O)NC(C1=Cc2cccnc2[C@@H](N2CCN(C(=O)OC(C)C)CC2)c2ccc(Cl)cc21)c1cncn1C.Cn1cncc1C(NS(C)(=O)=O)C1=Cc2cccnc2[C@@H](N2CCN(C(=O)OC3CCOCC3)CC2)c2ccc(Cl)cc21.Cn1cncc1C(NS(C)(=O)=O)C1=Cc2cccnc2[C@@H](N2CCN(S(C)(=O)=O)CC2)c2ccc(Cl)cc21. The number of halogens is 3. The summed E-state index contributed by atoms with van der Waals surface area (Å²) in [7, 11) is -5.00. The Labute approximate surface area is 732 Å². The van der Waals surface area contributed by atoms with Gasteiger partial charge in [0.1, 0.15) is 6.10 Å². The molecule has 0 radical (unpaired) electrons. The Morgan fingerprint density at radius 1 is 0.463 bits per heavy atom. The number of nitrogens with zero attached hydrogens (tertiary/aromatic N) is 15. The zero-order chi connectivity index (χ0) is 87.3. The van der Waals surface area contributed by atoms with Crippen molar-refractivity contribution in [2.45, 2.75) is 95.1 Å². The number of carbonyl (C=O) groups is 3. The Hall–Kier alpha value is -9.79. The molecule has 4 fully saturated rings. The van der Waals surface area contributed by atoms with Crippen LogP contribution < -0.4 is 14.8 Å². The number of rotatable bonds is 18. The van der Waals surface area contributed by atoms with E-state index in [1.807, 2.05) is 157 Å². The van der Waals surface area contributed by atoms with Crippen LogP contribution in [0.3, 0.4) is 0 Å². The van der Waals surface area contributed by atoms with Crippen molar-refractivity contribution in [2.24, 2.45) is 21.1 Å². The van der Waals surface area contributed by atoms with E-state index in [0.29, 0.717) is 124 Å². The van der Waals surface area contributed by atoms with Crippen molar-refractivity contribution in [3.8, 4) is 0 Å². The van der Waals surface area contributed by atoms with Crippen molar-refractivity contribution < 1.29 is 58.6 Å². The highest BCUT2D eigenvalue weighted by Gasteiger charge is 2.42. The van der Waals surface area contributed by atoms with E-state index < -0.39 is 54.3 Å². The second kappa shape index (κ2) is 38.4. The summed E-state index contributed by atoms with van der Waals surface area (Å²) in [6.45, 7) is 14.9. The fraction of sp³-hybridized carbons (Fsp3) is 0.407. The number of ether oxygens (including phenoxy) is 4. The number of aromatic nitrogens is 9. The Kier molecular flexibility index (Phi) is 27.9. The molecule has 6 atom stereocenters. The monoisotopic (exact) mass is 1790 g/mol. The van der Waals surface area contributed by atoms with Crippen LogP contribution in [0.1, 0.15) is 161 Å². The summed E-state index contributed by atoms with van der Waals surface area (Å²) in [6.07, 6.45) is 24.6. The fourth-order valence-electron chi connectivity index (χ4n) is 16.9. The smallest absolute Gasteiger partial charge is 0.410 e. The number of sulfonamides is 3. The highest BCUT2D eigenvalue weighted by molar-refractivity contribution is 7.89. The van der Waals surface area contributed by atoms with Gasteiger partial charge < -0.3 is 47.8 Å². The van der Waals surface area contributed by atoms with Crippen molar-refractivity contribution >= 4 is 118 Å². The van der Waals surface area contributed by atoms with Gasteiger partial charge in [-0.25, -0.2) is 64.0 Å². The third kappa shape index (κ3) is 21.1. The molecular weight excluding hydrogens is 1700 g/mol. The lowest BCUT2D eigenvalue weighted by molar-refractivity contribution is -0.0155. The van der Waals surface area contributed by atoms with E-state index in [9.17, 15) is 39.6 Å². The van der Waals surface area contributed by atoms with Gasteiger partial charge in [-0.3, -0.25) is 29.7 Å². The molecule has 9 aromatic rings. The lowest BCUT2D eigenvalue weighted by Gasteiger charge is -2.40. The van der Waals surface area contributed by atoms with Crippen LogP contribution >= 0.6 is 34.8 Å². The minimum absolute atomic E-state index is 0.105. The van der Waals surface area contributed by atoms with Crippen molar-refractivity contribution in [1.29, 1.82) is 0 Å². The number of nitrogens with one attached hydrogen (secondary N) is 3. The maximum Gasteiger partial charge on any atom is 0.410 e. The van der Waals surface area contributed by atoms with Crippen molar-refractivity contribution in [3.05, 3.63) is 246 Å². The first-order valence-electron chi connectivity index (χ1n) is 40.6. The molecule has 16 rings (SSSR count). The van der Waals surface area contributed by atoms with Gasteiger partial charge in [0.05, 0.1) is 152 Å². The third-order valence-corrected chi connectivity index (χ3v) is 25.9. The molecule has 10 heterocycles. The zero-order valence-corrected chi connectivity index (χ0v) is 74.7. The number of hydrogen-bond donors (Lipinski definition) is 3. The van der Waals surface area contributed by atoms with Gasteiger partial charge in [-0.1, -0.05) is 71.2 Å². The van der Waals surface area contributed by atoms with Gasteiger partial charge in [-0.15, -0.1) is 0 Å². The molecule has 652 valence electrons. The molecule has 7 aliphatic rings. The second-order valence-corrected chi connectivity index (χ2v) is 38.8. The standard InChI is InChI=1S/C31H37ClN6O4.C30H35ClN6O5S.C25H29ClN6O4S2/c1-19(2)41-30(39)35-28(26-17-33-18-36(26)5)25-15-21-7-6-10-34-27(21)29(23-9-8-22(32)16-24(23)25)37-11-13-38(14-12-37)31(40)42-20(3)4;1-35-19-32-18-26(35)28(34-43(2,39)40)25-16-20-4-3-9-33-27(20)29(23-6-5-21(31)17-24(23)25)36-10-12-37(13-11-36)30(38)42-22-7-14-41-15-8-22;1-30-16-27-15-22(30)24(29-37(2,33)34)21-13-17-5-4-8-28-23(17)25(19-7-6-18(26)14-20(19)21)31-9-11-32(12-10-31)38(3,35)36/h6-10,15-20,28-29H,11-14H2,1-5H3,(H,35,39);3-6,9,16-19,22,28-29,34H,7-8,10-15H2,1-2H3;4-8,13-16,24-25,29H,9-12H2,1-3H3/t2*28?,29-;24?,25-/m000/s1. The minimum Gasteiger partial charge on any atom is -0.447 e. The molecule has 3 N–H and O–H groups in total. The summed E-state index contributed by atoms with van der Waals surface area (Å²) in [6, 6.07) is 26.0. The molecule has 3 amide bonds. The van der Waals surface area contributed by atoms with Gasteiger partial charge in [0.2, 0.25) is 30.1 Å². The van der Waals surface area contributed by atoms with E-state index in [1.54, 1.807) is 75.1 Å². The first kappa shape index (κ1) is 89.5. The number of piperazine rings is 3. The van der Waals surface area contributed by atoms with E-state index >= 15 is 0 Å². The van der Waals surface area contributed by atoms with Gasteiger partial charge in [-0.2, -0.15) is 4.31 Å². The number of alkyl carbamates (subject to hydrolysis) is 1. The van der Waals surface area contributed by atoms with Crippen LogP contribution in [-0.4, -0.2) is 245 Å². The average molecular weight is 1800 g/mol. The highest BCUT2D eigenvalue weighted by atomic mass is 35.5. The maximum absolute atomic E-state index is 13.0. The van der Waals surface area contributed by atoms with Gasteiger partial charge in [0.25, 0.3) is 0 Å². The van der Waals surface area contributed by atoms with Gasteiger partial charge in [0, 0.05) is 146 Å². The van der Waals surface area contributed by atoms with E-state index in [0.717, 1.165) is 109 Å². The molecule has 6 aromatic heterocycles. The summed E-state index contributed by atoms with van der Waals surface area (Å²) in [5.41, 5.74) is 15.0. The predicted octanol–water partition coefficient (Wildman–Crippen LogP) is 11.4. The van der Waals surface area contributed by atoms with Crippen molar-refractivity contribution in [2.75, 3.05) is 111 Å². The molecule has 0 saturated carbocycles. The van der Waals surface area contributed by atoms with Crippen LogP contribution in [0.5, 0.6) is 0 Å². The van der Waals surface area contributed by atoms with Crippen LogP contribution in [0.2, 0.25) is 15.1 Å². The first-order chi connectivity index (χ1) is 58.7. The molecule has 37 heteroatoms. The van der Waals surface area contributed by atoms with Crippen LogP contribution in [0.25, 0.3) is 34.9 Å². The van der Waals surface area contributed by atoms with Gasteiger partial charge >= 0.3 is 18.3 Å². The third-order valence-electron chi connectivity index (χ3n) is 22.6. The fourth-order valence-corrected chi connectivity index (χ4v) is 19.6. The Balaban J connectivity index is 0.000000151. The van der Waals surface area contributed by atoms with Crippen molar-refractivity contribution in [3.63, 3.8) is 0 Å². The van der Waals surface area contributed by atoms with E-state index in [1.165, 1.54) is 10.6 Å². The van der Waals surface area contributed by atoms with Crippen LogP contribution in [0, 0.1) is 0 Å². The normalized spacial score (nSPS) is 19.3. The summed E-state index contributed by atoms with van der Waals surface area (Å²) in [5.74, 6) is 0. The van der Waals surface area contributed by atoms with E-state index in [2.05, 4.69) is 50.5 Å². The van der Waals surface area contributed by atoms with Crippen LogP contribution in [0.15, 0.2) is 147 Å². The predicted molar refractivity (Wildman–Crippen MR) is 471 cm³/mol. The average Bonchev–Trinajstić information content (AvgIpc) is 1.62. The quantitative estimate of drug-likeness (QED) is 0.0672. The number of hydrogen-bond acceptors (Lipinski definition) is 22. The maximum atomic E-state index is 13.0. The molecule has 4 saturated heterocycles. The van der Waals surface area contributed by atoms with Crippen molar-refractivity contribution in [1.82, 2.24) is 87.2 Å².